The Morgan fingerprint density at radius 1 is 1.40 bits per heavy atom. The third kappa shape index (κ3) is 3.51. The van der Waals surface area contributed by atoms with Gasteiger partial charge < -0.3 is 9.84 Å². The third-order valence-electron chi connectivity index (χ3n) is 2.16. The van der Waals surface area contributed by atoms with Crippen molar-refractivity contribution in [2.45, 2.75) is 26.9 Å². The highest BCUT2D eigenvalue weighted by molar-refractivity contribution is 5.34. The number of aliphatic hydroxyl groups is 1. The molecule has 0 atom stereocenters. The Labute approximate surface area is 89.7 Å². The Hall–Kier alpha value is -1.09. The zero-order chi connectivity index (χ0) is 11.3. The quantitative estimate of drug-likeness (QED) is 0.813. The van der Waals surface area contributed by atoms with Gasteiger partial charge >= 0.3 is 0 Å². The van der Waals surface area contributed by atoms with E-state index in [-0.39, 0.29) is 12.4 Å². The number of para-hydroxylation sites is 1. The van der Waals surface area contributed by atoms with E-state index in [1.165, 1.54) is 6.07 Å². The molecule has 0 amide bonds. The SMILES string of the molecule is CC(C)CCOc1c(F)cccc1CO. The van der Waals surface area contributed by atoms with Gasteiger partial charge in [0.15, 0.2) is 11.6 Å². The smallest absolute Gasteiger partial charge is 0.165 e. The molecule has 1 rings (SSSR count). The van der Waals surface area contributed by atoms with Crippen LogP contribution in [0.4, 0.5) is 4.39 Å². The minimum Gasteiger partial charge on any atom is -0.490 e. The van der Waals surface area contributed by atoms with Crippen LogP contribution in [0.15, 0.2) is 18.2 Å². The van der Waals surface area contributed by atoms with Crippen molar-refractivity contribution in [3.8, 4) is 5.75 Å². The molecule has 84 valence electrons. The molecular formula is C12H17FO2. The topological polar surface area (TPSA) is 29.5 Å². The van der Waals surface area contributed by atoms with Gasteiger partial charge in [-0.2, -0.15) is 0 Å². The summed E-state index contributed by atoms with van der Waals surface area (Å²) in [4.78, 5) is 0. The summed E-state index contributed by atoms with van der Waals surface area (Å²) in [5.74, 6) is 0.292. The molecule has 0 aliphatic rings. The van der Waals surface area contributed by atoms with Gasteiger partial charge in [0.1, 0.15) is 0 Å². The van der Waals surface area contributed by atoms with Crippen LogP contribution >= 0.6 is 0 Å². The average molecular weight is 212 g/mol. The van der Waals surface area contributed by atoms with Crippen LogP contribution in [0.2, 0.25) is 0 Å². The van der Waals surface area contributed by atoms with Crippen LogP contribution in [0.3, 0.4) is 0 Å². The van der Waals surface area contributed by atoms with Crippen molar-refractivity contribution >= 4 is 0 Å². The van der Waals surface area contributed by atoms with Crippen molar-refractivity contribution in [3.63, 3.8) is 0 Å². The zero-order valence-electron chi connectivity index (χ0n) is 9.16. The Balaban J connectivity index is 2.66. The molecule has 0 heterocycles. The number of aliphatic hydroxyl groups excluding tert-OH is 1. The van der Waals surface area contributed by atoms with Crippen LogP contribution < -0.4 is 4.74 Å². The zero-order valence-corrected chi connectivity index (χ0v) is 9.16. The first-order chi connectivity index (χ1) is 7.15. The number of halogens is 1. The molecule has 0 bridgehead atoms. The molecule has 0 aliphatic carbocycles. The van der Waals surface area contributed by atoms with Gasteiger partial charge in [-0.05, 0) is 18.4 Å². The summed E-state index contributed by atoms with van der Waals surface area (Å²) in [6.07, 6.45) is 0.874. The second-order valence-corrected chi connectivity index (χ2v) is 3.92. The van der Waals surface area contributed by atoms with Crippen molar-refractivity contribution in [2.24, 2.45) is 5.92 Å². The van der Waals surface area contributed by atoms with Gasteiger partial charge in [0.05, 0.1) is 13.2 Å². The van der Waals surface area contributed by atoms with E-state index in [1.807, 2.05) is 0 Å². The molecule has 0 aromatic heterocycles. The van der Waals surface area contributed by atoms with E-state index in [0.29, 0.717) is 18.1 Å². The predicted molar refractivity (Wildman–Crippen MR) is 57.3 cm³/mol. The van der Waals surface area contributed by atoms with Crippen LogP contribution in [0.25, 0.3) is 0 Å². The summed E-state index contributed by atoms with van der Waals surface area (Å²) in [6, 6.07) is 4.56. The highest BCUT2D eigenvalue weighted by Gasteiger charge is 2.08. The third-order valence-corrected chi connectivity index (χ3v) is 2.16. The normalized spacial score (nSPS) is 10.7. The van der Waals surface area contributed by atoms with Crippen LogP contribution in [-0.2, 0) is 6.61 Å². The first kappa shape index (κ1) is 12.0. The molecular weight excluding hydrogens is 195 g/mol. The van der Waals surface area contributed by atoms with Crippen LogP contribution in [0, 0.1) is 11.7 Å². The molecule has 1 aromatic rings. The van der Waals surface area contributed by atoms with E-state index in [0.717, 1.165) is 6.42 Å². The monoisotopic (exact) mass is 212 g/mol. The van der Waals surface area contributed by atoms with Crippen LogP contribution in [-0.4, -0.2) is 11.7 Å². The summed E-state index contributed by atoms with van der Waals surface area (Å²) in [7, 11) is 0. The maximum Gasteiger partial charge on any atom is 0.165 e. The maximum atomic E-state index is 13.3. The molecule has 15 heavy (non-hydrogen) atoms. The molecule has 0 unspecified atom stereocenters. The van der Waals surface area contributed by atoms with Gasteiger partial charge in [0.25, 0.3) is 0 Å². The van der Waals surface area contributed by atoms with Crippen molar-refractivity contribution in [2.75, 3.05) is 6.61 Å². The number of hydrogen-bond donors (Lipinski definition) is 1. The molecule has 2 nitrogen and oxygen atoms in total. The average Bonchev–Trinajstić information content (AvgIpc) is 2.20. The number of rotatable bonds is 5. The second-order valence-electron chi connectivity index (χ2n) is 3.92. The van der Waals surface area contributed by atoms with E-state index in [4.69, 9.17) is 9.84 Å². The largest absolute Gasteiger partial charge is 0.490 e. The lowest BCUT2D eigenvalue weighted by atomic mass is 10.1. The second kappa shape index (κ2) is 5.71. The minimum atomic E-state index is -0.412. The fourth-order valence-corrected chi connectivity index (χ4v) is 1.24. The molecule has 1 N–H and O–H groups in total. The molecule has 3 heteroatoms. The van der Waals surface area contributed by atoms with Gasteiger partial charge in [-0.3, -0.25) is 0 Å². The van der Waals surface area contributed by atoms with Gasteiger partial charge in [-0.25, -0.2) is 4.39 Å². The van der Waals surface area contributed by atoms with Gasteiger partial charge in [-0.1, -0.05) is 26.0 Å². The summed E-state index contributed by atoms with van der Waals surface area (Å²) in [5.41, 5.74) is 0.499. The summed E-state index contributed by atoms with van der Waals surface area (Å²) >= 11 is 0. The Kier molecular flexibility index (Phi) is 4.56. The van der Waals surface area contributed by atoms with Crippen molar-refractivity contribution in [1.29, 1.82) is 0 Å². The number of hydrogen-bond acceptors (Lipinski definition) is 2. The van der Waals surface area contributed by atoms with Crippen molar-refractivity contribution in [1.82, 2.24) is 0 Å². The van der Waals surface area contributed by atoms with E-state index in [1.54, 1.807) is 12.1 Å². The molecule has 0 radical (unpaired) electrons. The summed E-state index contributed by atoms with van der Waals surface area (Å²) in [6.45, 7) is 4.44. The molecule has 1 aromatic carbocycles. The first-order valence-corrected chi connectivity index (χ1v) is 5.16. The maximum absolute atomic E-state index is 13.3. The molecule has 0 fully saturated rings. The van der Waals surface area contributed by atoms with E-state index >= 15 is 0 Å². The lowest BCUT2D eigenvalue weighted by Crippen LogP contribution is -2.05. The van der Waals surface area contributed by atoms with Crippen molar-refractivity contribution in [3.05, 3.63) is 29.6 Å². The van der Waals surface area contributed by atoms with Crippen LogP contribution in [0.5, 0.6) is 5.75 Å². The highest BCUT2D eigenvalue weighted by Crippen LogP contribution is 2.23. The predicted octanol–water partition coefficient (Wildman–Crippen LogP) is 2.74. The van der Waals surface area contributed by atoms with Gasteiger partial charge in [-0.15, -0.1) is 0 Å². The minimum absolute atomic E-state index is 0.181. The van der Waals surface area contributed by atoms with Gasteiger partial charge in [0, 0.05) is 5.56 Å². The van der Waals surface area contributed by atoms with Crippen molar-refractivity contribution < 1.29 is 14.2 Å². The molecule has 0 saturated carbocycles. The van der Waals surface area contributed by atoms with E-state index in [2.05, 4.69) is 13.8 Å². The highest BCUT2D eigenvalue weighted by atomic mass is 19.1. The Morgan fingerprint density at radius 3 is 2.73 bits per heavy atom. The Bertz CT molecular complexity index is 310. The summed E-state index contributed by atoms with van der Waals surface area (Å²) < 4.78 is 18.7. The van der Waals surface area contributed by atoms with Crippen LogP contribution in [0.1, 0.15) is 25.8 Å². The summed E-state index contributed by atoms with van der Waals surface area (Å²) in [5, 5.41) is 9.00. The van der Waals surface area contributed by atoms with Gasteiger partial charge in [0.2, 0.25) is 0 Å². The number of ether oxygens (including phenoxy) is 1. The Morgan fingerprint density at radius 2 is 2.13 bits per heavy atom. The van der Waals surface area contributed by atoms with E-state index in [9.17, 15) is 4.39 Å². The lowest BCUT2D eigenvalue weighted by Gasteiger charge is -2.11. The molecule has 0 aliphatic heterocycles. The number of benzene rings is 1. The fourth-order valence-electron chi connectivity index (χ4n) is 1.24. The first-order valence-electron chi connectivity index (χ1n) is 5.16. The standard InChI is InChI=1S/C12H17FO2/c1-9(2)6-7-15-12-10(8-14)4-3-5-11(12)13/h3-5,9,14H,6-8H2,1-2H3. The lowest BCUT2D eigenvalue weighted by molar-refractivity contribution is 0.247. The fraction of sp³-hybridized carbons (Fsp3) is 0.500. The molecule has 0 spiro atoms. The molecule has 0 saturated heterocycles. The van der Waals surface area contributed by atoms with E-state index < -0.39 is 5.82 Å².